The minimum absolute atomic E-state index is 0.253. The highest BCUT2D eigenvalue weighted by molar-refractivity contribution is 5.85. The normalized spacial score (nSPS) is 12.1. The number of fused-ring (bicyclic) bond motifs is 1. The van der Waals surface area contributed by atoms with Gasteiger partial charge in [0.2, 0.25) is 11.8 Å². The lowest BCUT2D eigenvalue weighted by molar-refractivity contribution is -0.274. The molecule has 2 heterocycles. The number of hydrogen-bond donors (Lipinski definition) is 1. The Morgan fingerprint density at radius 1 is 0.812 bits per heavy atom. The van der Waals surface area contributed by atoms with E-state index < -0.39 is 29.7 Å². The number of ether oxygens (including phenoxy) is 5. The second kappa shape index (κ2) is 14.3. The molecule has 1 aromatic heterocycles. The molecule has 0 bridgehead atoms. The molecule has 5 aromatic rings. The average molecular weight is 661 g/mol. The highest BCUT2D eigenvalue weighted by atomic mass is 19.4. The standard InChI is InChI=1S/C36H28F4N2O6/c37-30-15-12-26(48-36(38,39)40)19-31(30)41-35(43)47-22-25-11-13-27(28-17-18-44-33(25)28)29-14-16-32(45-20-23-7-3-1-4-8-23)42-34(29)46-21-24-9-5-2-6-10-24/h1-16,19H,17-18,20-22H2,(H,41,43). The van der Waals surface area contributed by atoms with Crippen molar-refractivity contribution in [2.24, 2.45) is 0 Å². The number of aromatic nitrogens is 1. The molecule has 1 amide bonds. The molecule has 8 nitrogen and oxygen atoms in total. The highest BCUT2D eigenvalue weighted by Crippen LogP contribution is 2.41. The van der Waals surface area contributed by atoms with E-state index in [0.717, 1.165) is 34.4 Å². The van der Waals surface area contributed by atoms with Crippen LogP contribution in [0.25, 0.3) is 11.1 Å². The van der Waals surface area contributed by atoms with Gasteiger partial charge in [0.05, 0.1) is 12.3 Å². The van der Waals surface area contributed by atoms with Gasteiger partial charge in [0.15, 0.2) is 0 Å². The fraction of sp³-hybridized carbons (Fsp3) is 0.167. The van der Waals surface area contributed by atoms with E-state index in [1.165, 1.54) is 0 Å². The zero-order valence-corrected chi connectivity index (χ0v) is 25.3. The summed E-state index contributed by atoms with van der Waals surface area (Å²) in [6, 6.07) is 28.9. The Hall–Kier alpha value is -5.78. The summed E-state index contributed by atoms with van der Waals surface area (Å²) in [4.78, 5) is 17.2. The third-order valence-corrected chi connectivity index (χ3v) is 7.28. The van der Waals surface area contributed by atoms with E-state index in [1.54, 1.807) is 12.1 Å². The van der Waals surface area contributed by atoms with Crippen LogP contribution in [0.15, 0.2) is 103 Å². The van der Waals surface area contributed by atoms with Crippen molar-refractivity contribution in [2.45, 2.75) is 32.6 Å². The van der Waals surface area contributed by atoms with E-state index >= 15 is 0 Å². The van der Waals surface area contributed by atoms with Gasteiger partial charge < -0.3 is 23.7 Å². The molecule has 0 unspecified atom stereocenters. The minimum atomic E-state index is -4.98. The number of pyridine rings is 1. The minimum Gasteiger partial charge on any atom is -0.493 e. The maximum absolute atomic E-state index is 14.2. The summed E-state index contributed by atoms with van der Waals surface area (Å²) in [5.41, 5.74) is 4.32. The molecule has 246 valence electrons. The number of amides is 1. The maximum atomic E-state index is 14.2. The van der Waals surface area contributed by atoms with Crippen molar-refractivity contribution < 1.29 is 46.0 Å². The first-order valence-corrected chi connectivity index (χ1v) is 14.8. The number of carbonyl (C=O) groups excluding carboxylic acids is 1. The molecule has 48 heavy (non-hydrogen) atoms. The average Bonchev–Trinajstić information content (AvgIpc) is 3.58. The van der Waals surface area contributed by atoms with Crippen LogP contribution in [-0.4, -0.2) is 24.0 Å². The first-order chi connectivity index (χ1) is 23.2. The smallest absolute Gasteiger partial charge is 0.493 e. The summed E-state index contributed by atoms with van der Waals surface area (Å²) in [5, 5.41) is 2.11. The molecular weight excluding hydrogens is 632 g/mol. The zero-order valence-electron chi connectivity index (χ0n) is 25.3. The summed E-state index contributed by atoms with van der Waals surface area (Å²) < 4.78 is 79.1. The molecule has 4 aromatic carbocycles. The van der Waals surface area contributed by atoms with E-state index in [9.17, 15) is 22.4 Å². The number of benzene rings is 4. The summed E-state index contributed by atoms with van der Waals surface area (Å²) in [6.45, 7) is 0.732. The molecule has 0 saturated carbocycles. The Balaban J connectivity index is 1.20. The van der Waals surface area contributed by atoms with Crippen molar-refractivity contribution in [2.75, 3.05) is 11.9 Å². The Morgan fingerprint density at radius 2 is 1.50 bits per heavy atom. The van der Waals surface area contributed by atoms with Crippen LogP contribution in [0.3, 0.4) is 0 Å². The molecular formula is C36H28F4N2O6. The largest absolute Gasteiger partial charge is 0.573 e. The van der Waals surface area contributed by atoms with Crippen LogP contribution in [0.4, 0.5) is 28.0 Å². The summed E-state index contributed by atoms with van der Waals surface area (Å²) in [6.07, 6.45) is -5.50. The molecule has 1 aliphatic rings. The van der Waals surface area contributed by atoms with Crippen LogP contribution in [-0.2, 0) is 31.0 Å². The van der Waals surface area contributed by atoms with Crippen molar-refractivity contribution in [3.05, 3.63) is 131 Å². The van der Waals surface area contributed by atoms with Crippen LogP contribution in [0.1, 0.15) is 22.3 Å². The van der Waals surface area contributed by atoms with Crippen LogP contribution >= 0.6 is 0 Å². The molecule has 0 fully saturated rings. The lowest BCUT2D eigenvalue weighted by atomic mass is 9.96. The number of carbonyl (C=O) groups is 1. The van der Waals surface area contributed by atoms with E-state index in [-0.39, 0.29) is 13.2 Å². The van der Waals surface area contributed by atoms with Gasteiger partial charge in [-0.05, 0) is 34.9 Å². The lowest BCUT2D eigenvalue weighted by Crippen LogP contribution is -2.18. The number of hydrogen-bond acceptors (Lipinski definition) is 7. The van der Waals surface area contributed by atoms with Gasteiger partial charge in [0.25, 0.3) is 0 Å². The van der Waals surface area contributed by atoms with Crippen LogP contribution < -0.4 is 24.3 Å². The molecule has 0 saturated heterocycles. The predicted molar refractivity (Wildman–Crippen MR) is 167 cm³/mol. The topological polar surface area (TPSA) is 88.1 Å². The maximum Gasteiger partial charge on any atom is 0.573 e. The fourth-order valence-electron chi connectivity index (χ4n) is 5.09. The van der Waals surface area contributed by atoms with Crippen molar-refractivity contribution in [1.29, 1.82) is 0 Å². The zero-order chi connectivity index (χ0) is 33.5. The Labute approximate surface area is 272 Å². The number of halogens is 4. The van der Waals surface area contributed by atoms with E-state index in [1.807, 2.05) is 72.8 Å². The van der Waals surface area contributed by atoms with E-state index in [4.69, 9.17) is 23.9 Å². The third kappa shape index (κ3) is 8.13. The number of nitrogens with zero attached hydrogens (tertiary/aromatic N) is 1. The van der Waals surface area contributed by atoms with Gasteiger partial charge in [-0.1, -0.05) is 72.8 Å². The summed E-state index contributed by atoms with van der Waals surface area (Å²) >= 11 is 0. The first kappa shape index (κ1) is 32.2. The molecule has 1 N–H and O–H groups in total. The SMILES string of the molecule is O=C(Nc1cc(OC(F)(F)F)ccc1F)OCc1ccc(-c2ccc(OCc3ccccc3)nc2OCc2ccccc2)c2c1OCC2. The fourth-order valence-corrected chi connectivity index (χ4v) is 5.09. The number of alkyl halides is 3. The molecule has 0 atom stereocenters. The van der Waals surface area contributed by atoms with Gasteiger partial charge in [-0.2, -0.15) is 4.98 Å². The Kier molecular flexibility index (Phi) is 9.60. The van der Waals surface area contributed by atoms with Gasteiger partial charge >= 0.3 is 12.5 Å². The van der Waals surface area contributed by atoms with E-state index in [2.05, 4.69) is 10.1 Å². The van der Waals surface area contributed by atoms with Crippen LogP contribution in [0.2, 0.25) is 0 Å². The second-order valence-electron chi connectivity index (χ2n) is 10.6. The first-order valence-electron chi connectivity index (χ1n) is 14.8. The van der Waals surface area contributed by atoms with Gasteiger partial charge in [-0.25, -0.2) is 9.18 Å². The number of anilines is 1. The molecule has 6 rings (SSSR count). The predicted octanol–water partition coefficient (Wildman–Crippen LogP) is 8.63. The molecule has 1 aliphatic heterocycles. The Morgan fingerprint density at radius 3 is 2.21 bits per heavy atom. The summed E-state index contributed by atoms with van der Waals surface area (Å²) in [7, 11) is 0. The van der Waals surface area contributed by atoms with Crippen molar-refractivity contribution >= 4 is 11.8 Å². The summed E-state index contributed by atoms with van der Waals surface area (Å²) in [5.74, 6) is -0.392. The monoisotopic (exact) mass is 660 g/mol. The van der Waals surface area contributed by atoms with Gasteiger partial charge in [-0.15, -0.1) is 13.2 Å². The van der Waals surface area contributed by atoms with Gasteiger partial charge in [0, 0.05) is 35.2 Å². The second-order valence-corrected chi connectivity index (χ2v) is 10.6. The van der Waals surface area contributed by atoms with Gasteiger partial charge in [-0.3, -0.25) is 5.32 Å². The molecule has 0 spiro atoms. The third-order valence-electron chi connectivity index (χ3n) is 7.28. The van der Waals surface area contributed by atoms with Crippen molar-refractivity contribution in [3.8, 4) is 34.4 Å². The van der Waals surface area contributed by atoms with Crippen molar-refractivity contribution in [3.63, 3.8) is 0 Å². The van der Waals surface area contributed by atoms with Gasteiger partial charge in [0.1, 0.15) is 37.1 Å². The molecule has 0 radical (unpaired) electrons. The number of nitrogens with one attached hydrogen (secondary N) is 1. The lowest BCUT2D eigenvalue weighted by Gasteiger charge is -2.16. The molecule has 0 aliphatic carbocycles. The highest BCUT2D eigenvalue weighted by Gasteiger charge is 2.31. The van der Waals surface area contributed by atoms with E-state index in [0.29, 0.717) is 54.3 Å². The number of rotatable bonds is 11. The quantitative estimate of drug-likeness (QED) is 0.142. The van der Waals surface area contributed by atoms with Crippen molar-refractivity contribution in [1.82, 2.24) is 4.98 Å². The van der Waals surface area contributed by atoms with Crippen LogP contribution in [0, 0.1) is 5.82 Å². The Bertz CT molecular complexity index is 1890. The van der Waals surface area contributed by atoms with Crippen LogP contribution in [0.5, 0.6) is 23.3 Å². The molecule has 12 heteroatoms.